The Labute approximate surface area is 112 Å². The lowest BCUT2D eigenvalue weighted by atomic mass is 9.85. The minimum Gasteiger partial charge on any atom is -0.392 e. The van der Waals surface area contributed by atoms with Crippen molar-refractivity contribution in [3.63, 3.8) is 0 Å². The van der Waals surface area contributed by atoms with E-state index in [1.165, 1.54) is 0 Å². The molecule has 96 valence electrons. The number of carbonyl (C=O) groups excluding carboxylic acids is 1. The van der Waals surface area contributed by atoms with Crippen molar-refractivity contribution in [3.8, 4) is 0 Å². The molecule has 1 aliphatic carbocycles. The summed E-state index contributed by atoms with van der Waals surface area (Å²) in [6.07, 6.45) is 5.13. The van der Waals surface area contributed by atoms with E-state index in [9.17, 15) is 4.79 Å². The largest absolute Gasteiger partial charge is 0.392 e. The van der Waals surface area contributed by atoms with E-state index in [1.807, 2.05) is 19.1 Å². The number of carbonyl (C=O) groups is 1. The number of anilines is 1. The Morgan fingerprint density at radius 2 is 2.11 bits per heavy atom. The molecule has 0 aliphatic heterocycles. The van der Waals surface area contributed by atoms with Crippen molar-refractivity contribution in [1.82, 2.24) is 4.98 Å². The van der Waals surface area contributed by atoms with Gasteiger partial charge in [0.15, 0.2) is 0 Å². The maximum absolute atomic E-state index is 12.4. The molecule has 0 saturated heterocycles. The number of pyridine rings is 1. The highest BCUT2D eigenvalue weighted by molar-refractivity contribution is 7.80. The summed E-state index contributed by atoms with van der Waals surface area (Å²) in [5.41, 5.74) is 6.70. The van der Waals surface area contributed by atoms with Crippen molar-refractivity contribution < 1.29 is 4.79 Å². The number of aromatic nitrogens is 1. The van der Waals surface area contributed by atoms with Crippen molar-refractivity contribution in [2.45, 2.75) is 32.6 Å². The van der Waals surface area contributed by atoms with Crippen LogP contribution in [0, 0.1) is 12.3 Å². The number of aryl methyl sites for hydroxylation is 1. The number of hydrogen-bond acceptors (Lipinski definition) is 3. The number of nitrogens with two attached hydrogens (primary N) is 1. The molecule has 1 fully saturated rings. The van der Waals surface area contributed by atoms with E-state index >= 15 is 0 Å². The van der Waals surface area contributed by atoms with E-state index in [2.05, 4.69) is 10.3 Å². The van der Waals surface area contributed by atoms with Crippen LogP contribution in [-0.2, 0) is 4.79 Å². The second-order valence-corrected chi connectivity index (χ2v) is 5.24. The summed E-state index contributed by atoms with van der Waals surface area (Å²) < 4.78 is 0. The van der Waals surface area contributed by atoms with Crippen LogP contribution < -0.4 is 11.1 Å². The third-order valence-corrected chi connectivity index (χ3v) is 3.92. The van der Waals surface area contributed by atoms with E-state index < -0.39 is 5.41 Å². The van der Waals surface area contributed by atoms with Gasteiger partial charge in [-0.15, -0.1) is 0 Å². The average Bonchev–Trinajstić information content (AvgIpc) is 2.82. The second-order valence-electron chi connectivity index (χ2n) is 4.80. The fraction of sp³-hybridized carbons (Fsp3) is 0.462. The molecule has 2 rings (SSSR count). The Morgan fingerprint density at radius 1 is 1.44 bits per heavy atom. The van der Waals surface area contributed by atoms with E-state index in [4.69, 9.17) is 18.0 Å². The van der Waals surface area contributed by atoms with Gasteiger partial charge in [-0.2, -0.15) is 0 Å². The van der Waals surface area contributed by atoms with E-state index in [0.29, 0.717) is 10.7 Å². The number of rotatable bonds is 3. The normalized spacial score (nSPS) is 17.4. The molecule has 18 heavy (non-hydrogen) atoms. The molecule has 0 spiro atoms. The van der Waals surface area contributed by atoms with Crippen molar-refractivity contribution in [2.24, 2.45) is 11.1 Å². The number of amides is 1. The summed E-state index contributed by atoms with van der Waals surface area (Å²) in [7, 11) is 0. The van der Waals surface area contributed by atoms with Gasteiger partial charge in [0, 0.05) is 5.69 Å². The molecule has 1 heterocycles. The molecule has 1 amide bonds. The van der Waals surface area contributed by atoms with Gasteiger partial charge in [-0.1, -0.05) is 25.1 Å². The second kappa shape index (κ2) is 5.02. The number of nitrogens with one attached hydrogen (secondary N) is 1. The van der Waals surface area contributed by atoms with E-state index in [-0.39, 0.29) is 5.91 Å². The number of thiocarbonyl (C=S) groups is 1. The van der Waals surface area contributed by atoms with Gasteiger partial charge in [0.2, 0.25) is 5.91 Å². The lowest BCUT2D eigenvalue weighted by molar-refractivity contribution is -0.122. The van der Waals surface area contributed by atoms with Crippen molar-refractivity contribution in [1.29, 1.82) is 0 Å². The summed E-state index contributed by atoms with van der Waals surface area (Å²) in [5.74, 6) is -0.0989. The van der Waals surface area contributed by atoms with Gasteiger partial charge in [-0.3, -0.25) is 9.78 Å². The molecule has 1 saturated carbocycles. The summed E-state index contributed by atoms with van der Waals surface area (Å²) in [4.78, 5) is 16.8. The Bertz CT molecular complexity index is 464. The quantitative estimate of drug-likeness (QED) is 0.820. The van der Waals surface area contributed by atoms with Crippen LogP contribution in [0.2, 0.25) is 0 Å². The smallest absolute Gasteiger partial charge is 0.237 e. The highest BCUT2D eigenvalue weighted by atomic mass is 32.1. The Morgan fingerprint density at radius 3 is 2.61 bits per heavy atom. The van der Waals surface area contributed by atoms with Crippen molar-refractivity contribution in [3.05, 3.63) is 24.0 Å². The summed E-state index contributed by atoms with van der Waals surface area (Å²) in [6.45, 7) is 1.90. The van der Waals surface area contributed by atoms with Crippen LogP contribution in [0.1, 0.15) is 31.4 Å². The topological polar surface area (TPSA) is 68.0 Å². The van der Waals surface area contributed by atoms with Crippen LogP contribution >= 0.6 is 12.2 Å². The van der Waals surface area contributed by atoms with Gasteiger partial charge in [-0.05, 0) is 31.9 Å². The summed E-state index contributed by atoms with van der Waals surface area (Å²) >= 11 is 5.08. The monoisotopic (exact) mass is 263 g/mol. The maximum Gasteiger partial charge on any atom is 0.237 e. The van der Waals surface area contributed by atoms with Crippen LogP contribution in [0.4, 0.5) is 5.69 Å². The first-order chi connectivity index (χ1) is 8.54. The van der Waals surface area contributed by atoms with Crippen LogP contribution in [0.3, 0.4) is 0 Å². The van der Waals surface area contributed by atoms with Crippen LogP contribution in [-0.4, -0.2) is 15.9 Å². The van der Waals surface area contributed by atoms with Crippen molar-refractivity contribution in [2.75, 3.05) is 5.32 Å². The minimum absolute atomic E-state index is 0.0989. The Kier molecular flexibility index (Phi) is 3.61. The molecule has 1 aromatic rings. The lowest BCUT2D eigenvalue weighted by Gasteiger charge is -2.26. The van der Waals surface area contributed by atoms with Crippen LogP contribution in [0.15, 0.2) is 18.3 Å². The van der Waals surface area contributed by atoms with Gasteiger partial charge >= 0.3 is 0 Å². The molecule has 1 aromatic heterocycles. The number of nitrogens with zero attached hydrogens (tertiary/aromatic N) is 1. The molecule has 3 N–H and O–H groups in total. The average molecular weight is 263 g/mol. The molecule has 0 atom stereocenters. The van der Waals surface area contributed by atoms with Gasteiger partial charge in [0.05, 0.1) is 22.3 Å². The van der Waals surface area contributed by atoms with E-state index in [1.54, 1.807) is 6.20 Å². The summed E-state index contributed by atoms with van der Waals surface area (Å²) in [5, 5.41) is 2.86. The zero-order valence-corrected chi connectivity index (χ0v) is 11.2. The molecule has 0 aromatic carbocycles. The molecule has 4 nitrogen and oxygen atoms in total. The zero-order valence-electron chi connectivity index (χ0n) is 10.4. The first kappa shape index (κ1) is 13.0. The van der Waals surface area contributed by atoms with Gasteiger partial charge < -0.3 is 11.1 Å². The lowest BCUT2D eigenvalue weighted by Crippen LogP contribution is -2.43. The molecule has 5 heteroatoms. The maximum atomic E-state index is 12.4. The SMILES string of the molecule is Cc1ccc(NC(=O)C2(C(N)=S)CCCC2)cn1. The van der Waals surface area contributed by atoms with Crippen LogP contribution in [0.25, 0.3) is 0 Å². The Balaban J connectivity index is 2.15. The van der Waals surface area contributed by atoms with Gasteiger partial charge in [0.1, 0.15) is 0 Å². The van der Waals surface area contributed by atoms with Gasteiger partial charge in [0.25, 0.3) is 0 Å². The molecule has 0 unspecified atom stereocenters. The fourth-order valence-corrected chi connectivity index (χ4v) is 2.65. The number of hydrogen-bond donors (Lipinski definition) is 2. The standard InChI is InChI=1S/C13H17N3OS/c1-9-4-5-10(8-15-9)16-12(17)13(11(14)18)6-2-3-7-13/h4-5,8H,2-3,6-7H2,1H3,(H2,14,18)(H,16,17). The van der Waals surface area contributed by atoms with E-state index in [0.717, 1.165) is 31.4 Å². The minimum atomic E-state index is -0.666. The van der Waals surface area contributed by atoms with Crippen molar-refractivity contribution >= 4 is 28.8 Å². The predicted molar refractivity (Wildman–Crippen MR) is 75.3 cm³/mol. The molecule has 1 aliphatic rings. The molecular formula is C13H17N3OS. The highest BCUT2D eigenvalue weighted by Gasteiger charge is 2.43. The third kappa shape index (κ3) is 2.36. The molecule has 0 radical (unpaired) electrons. The van der Waals surface area contributed by atoms with Crippen LogP contribution in [0.5, 0.6) is 0 Å². The predicted octanol–water partition coefficient (Wildman–Crippen LogP) is 2.18. The Hall–Kier alpha value is -1.49. The molecular weight excluding hydrogens is 246 g/mol. The zero-order chi connectivity index (χ0) is 13.2. The highest BCUT2D eigenvalue weighted by Crippen LogP contribution is 2.39. The first-order valence-electron chi connectivity index (χ1n) is 6.09. The third-order valence-electron chi connectivity index (χ3n) is 3.53. The molecule has 0 bridgehead atoms. The van der Waals surface area contributed by atoms with Gasteiger partial charge in [-0.25, -0.2) is 0 Å². The fourth-order valence-electron chi connectivity index (χ4n) is 2.36. The first-order valence-corrected chi connectivity index (χ1v) is 6.49. The summed E-state index contributed by atoms with van der Waals surface area (Å²) in [6, 6.07) is 3.69.